The number of carbonyl (C=O) groups is 2. The maximum Gasteiger partial charge on any atom is 0.245 e. The van der Waals surface area contributed by atoms with E-state index in [0.717, 1.165) is 6.54 Å². The standard InChI is InChI=1S/C13H22N2O2/c1-4-10-13(17)15(7-9-5-6-9)11(8(2)3)12(16)14-10/h8-11H,4-7H2,1-3H3,(H,14,16). The van der Waals surface area contributed by atoms with Crippen LogP contribution in [0.3, 0.4) is 0 Å². The van der Waals surface area contributed by atoms with E-state index in [1.54, 1.807) is 0 Å². The molecule has 0 radical (unpaired) electrons. The Labute approximate surface area is 103 Å². The lowest BCUT2D eigenvalue weighted by molar-refractivity contribution is -0.151. The molecule has 1 saturated heterocycles. The molecule has 4 nitrogen and oxygen atoms in total. The Morgan fingerprint density at radius 1 is 1.35 bits per heavy atom. The highest BCUT2D eigenvalue weighted by molar-refractivity contribution is 5.97. The van der Waals surface area contributed by atoms with E-state index in [4.69, 9.17) is 0 Å². The number of piperazine rings is 1. The first-order valence-corrected chi connectivity index (χ1v) is 6.65. The average molecular weight is 238 g/mol. The van der Waals surface area contributed by atoms with Gasteiger partial charge in [-0.25, -0.2) is 0 Å². The Morgan fingerprint density at radius 3 is 2.47 bits per heavy atom. The SMILES string of the molecule is CCC1NC(=O)C(C(C)C)N(CC2CC2)C1=O. The van der Waals surface area contributed by atoms with E-state index in [1.807, 2.05) is 25.7 Å². The van der Waals surface area contributed by atoms with Crippen LogP contribution in [0.1, 0.15) is 40.0 Å². The van der Waals surface area contributed by atoms with E-state index in [1.165, 1.54) is 12.8 Å². The third-order valence-corrected chi connectivity index (χ3v) is 3.69. The monoisotopic (exact) mass is 238 g/mol. The quantitative estimate of drug-likeness (QED) is 0.799. The van der Waals surface area contributed by atoms with Gasteiger partial charge in [-0.05, 0) is 31.1 Å². The number of hydrogen-bond acceptors (Lipinski definition) is 2. The molecule has 2 fully saturated rings. The molecular formula is C13H22N2O2. The van der Waals surface area contributed by atoms with Crippen molar-refractivity contribution in [1.82, 2.24) is 10.2 Å². The largest absolute Gasteiger partial charge is 0.343 e. The van der Waals surface area contributed by atoms with Gasteiger partial charge in [0.05, 0.1) is 0 Å². The number of nitrogens with zero attached hydrogens (tertiary/aromatic N) is 1. The number of nitrogens with one attached hydrogen (secondary N) is 1. The van der Waals surface area contributed by atoms with Crippen molar-refractivity contribution in [2.75, 3.05) is 6.54 Å². The molecule has 17 heavy (non-hydrogen) atoms. The first kappa shape index (κ1) is 12.4. The summed E-state index contributed by atoms with van der Waals surface area (Å²) >= 11 is 0. The third kappa shape index (κ3) is 2.45. The number of hydrogen-bond donors (Lipinski definition) is 1. The molecule has 0 aromatic carbocycles. The summed E-state index contributed by atoms with van der Waals surface area (Å²) in [6.45, 7) is 6.72. The zero-order valence-electron chi connectivity index (χ0n) is 10.9. The van der Waals surface area contributed by atoms with Gasteiger partial charge in [0.2, 0.25) is 11.8 Å². The molecule has 0 bridgehead atoms. The second-order valence-corrected chi connectivity index (χ2v) is 5.59. The Kier molecular flexibility index (Phi) is 3.40. The Balaban J connectivity index is 2.17. The van der Waals surface area contributed by atoms with Crippen LogP contribution in [0.15, 0.2) is 0 Å². The van der Waals surface area contributed by atoms with Crippen LogP contribution in [-0.4, -0.2) is 35.3 Å². The van der Waals surface area contributed by atoms with Crippen molar-refractivity contribution in [3.63, 3.8) is 0 Å². The van der Waals surface area contributed by atoms with E-state index in [9.17, 15) is 9.59 Å². The Bertz CT molecular complexity index is 323. The molecule has 2 aliphatic rings. The molecule has 1 aliphatic heterocycles. The molecule has 2 rings (SSSR count). The van der Waals surface area contributed by atoms with E-state index in [-0.39, 0.29) is 29.8 Å². The number of carbonyl (C=O) groups excluding carboxylic acids is 2. The van der Waals surface area contributed by atoms with E-state index in [0.29, 0.717) is 12.3 Å². The molecule has 1 N–H and O–H groups in total. The van der Waals surface area contributed by atoms with E-state index < -0.39 is 0 Å². The highest BCUT2D eigenvalue weighted by Gasteiger charge is 2.43. The van der Waals surface area contributed by atoms with Crippen molar-refractivity contribution in [3.05, 3.63) is 0 Å². The van der Waals surface area contributed by atoms with Crippen LogP contribution >= 0.6 is 0 Å². The van der Waals surface area contributed by atoms with Crippen LogP contribution in [0.5, 0.6) is 0 Å². The highest BCUT2D eigenvalue weighted by Crippen LogP contribution is 2.32. The minimum absolute atomic E-state index is 0.0205. The van der Waals surface area contributed by atoms with Gasteiger partial charge < -0.3 is 10.2 Å². The highest BCUT2D eigenvalue weighted by atomic mass is 16.2. The summed E-state index contributed by atoms with van der Waals surface area (Å²) in [6, 6.07) is -0.581. The van der Waals surface area contributed by atoms with Gasteiger partial charge in [0.1, 0.15) is 12.1 Å². The third-order valence-electron chi connectivity index (χ3n) is 3.69. The van der Waals surface area contributed by atoms with Crippen LogP contribution in [0.4, 0.5) is 0 Å². The molecule has 2 atom stereocenters. The summed E-state index contributed by atoms with van der Waals surface area (Å²) in [4.78, 5) is 26.2. The minimum Gasteiger partial charge on any atom is -0.343 e. The minimum atomic E-state index is -0.309. The van der Waals surface area contributed by atoms with Gasteiger partial charge in [0.15, 0.2) is 0 Å². The van der Waals surface area contributed by atoms with Gasteiger partial charge >= 0.3 is 0 Å². The molecule has 96 valence electrons. The van der Waals surface area contributed by atoms with Crippen molar-refractivity contribution < 1.29 is 9.59 Å². The topological polar surface area (TPSA) is 49.4 Å². The average Bonchev–Trinajstić information content (AvgIpc) is 3.06. The molecule has 0 aromatic heterocycles. The summed E-state index contributed by atoms with van der Waals surface area (Å²) in [5, 5.41) is 2.84. The molecule has 1 saturated carbocycles. The fourth-order valence-electron chi connectivity index (χ4n) is 2.52. The lowest BCUT2D eigenvalue weighted by Crippen LogP contribution is -2.64. The Hall–Kier alpha value is -1.06. The predicted molar refractivity (Wildman–Crippen MR) is 65.3 cm³/mol. The normalized spacial score (nSPS) is 29.8. The zero-order chi connectivity index (χ0) is 12.6. The van der Waals surface area contributed by atoms with Crippen molar-refractivity contribution >= 4 is 11.8 Å². The molecule has 0 spiro atoms. The summed E-state index contributed by atoms with van der Waals surface area (Å²) in [5.74, 6) is 0.934. The molecule has 2 amide bonds. The maximum absolute atomic E-state index is 12.3. The zero-order valence-corrected chi connectivity index (χ0v) is 10.9. The summed E-state index contributed by atoms with van der Waals surface area (Å²) in [5.41, 5.74) is 0. The van der Waals surface area contributed by atoms with Crippen LogP contribution in [0.25, 0.3) is 0 Å². The number of rotatable bonds is 4. The summed E-state index contributed by atoms with van der Waals surface area (Å²) in [6.07, 6.45) is 3.08. The molecule has 1 heterocycles. The fraction of sp³-hybridized carbons (Fsp3) is 0.846. The molecule has 4 heteroatoms. The lowest BCUT2D eigenvalue weighted by atomic mass is 9.96. The summed E-state index contributed by atoms with van der Waals surface area (Å²) < 4.78 is 0. The van der Waals surface area contributed by atoms with Gasteiger partial charge in [0, 0.05) is 6.54 Å². The van der Waals surface area contributed by atoms with Crippen molar-refractivity contribution in [2.24, 2.45) is 11.8 Å². The molecule has 1 aliphatic carbocycles. The predicted octanol–water partition coefficient (Wildman–Crippen LogP) is 1.16. The van der Waals surface area contributed by atoms with Gasteiger partial charge in [-0.1, -0.05) is 20.8 Å². The van der Waals surface area contributed by atoms with Gasteiger partial charge in [-0.2, -0.15) is 0 Å². The first-order chi connectivity index (χ1) is 8.04. The Morgan fingerprint density at radius 2 is 2.00 bits per heavy atom. The van der Waals surface area contributed by atoms with Gasteiger partial charge in [-0.3, -0.25) is 9.59 Å². The van der Waals surface area contributed by atoms with E-state index in [2.05, 4.69) is 5.32 Å². The molecule has 2 unspecified atom stereocenters. The van der Waals surface area contributed by atoms with Crippen LogP contribution in [0, 0.1) is 11.8 Å². The van der Waals surface area contributed by atoms with E-state index >= 15 is 0 Å². The molecule has 0 aromatic rings. The lowest BCUT2D eigenvalue weighted by Gasteiger charge is -2.40. The second kappa shape index (κ2) is 4.67. The number of amides is 2. The first-order valence-electron chi connectivity index (χ1n) is 6.65. The second-order valence-electron chi connectivity index (χ2n) is 5.59. The maximum atomic E-state index is 12.3. The summed E-state index contributed by atoms with van der Waals surface area (Å²) in [7, 11) is 0. The van der Waals surface area contributed by atoms with Crippen LogP contribution in [0.2, 0.25) is 0 Å². The van der Waals surface area contributed by atoms with Gasteiger partial charge in [-0.15, -0.1) is 0 Å². The molecular weight excluding hydrogens is 216 g/mol. The van der Waals surface area contributed by atoms with Crippen LogP contribution in [-0.2, 0) is 9.59 Å². The van der Waals surface area contributed by atoms with Crippen molar-refractivity contribution in [2.45, 2.75) is 52.1 Å². The van der Waals surface area contributed by atoms with Crippen molar-refractivity contribution in [1.29, 1.82) is 0 Å². The van der Waals surface area contributed by atoms with Gasteiger partial charge in [0.25, 0.3) is 0 Å². The van der Waals surface area contributed by atoms with Crippen LogP contribution < -0.4 is 5.32 Å². The fourth-order valence-corrected chi connectivity index (χ4v) is 2.52. The van der Waals surface area contributed by atoms with Crippen molar-refractivity contribution in [3.8, 4) is 0 Å². The smallest absolute Gasteiger partial charge is 0.245 e.